The molecule has 0 aromatic heterocycles. The smallest absolute Gasteiger partial charge is 0.167 e. The first kappa shape index (κ1) is 22.1. The fourth-order valence-corrected chi connectivity index (χ4v) is 5.14. The van der Waals surface area contributed by atoms with Crippen molar-refractivity contribution in [2.24, 2.45) is 4.99 Å². The summed E-state index contributed by atoms with van der Waals surface area (Å²) >= 11 is 1.83. The van der Waals surface area contributed by atoms with Crippen LogP contribution in [0.25, 0.3) is 0 Å². The first-order valence-electron chi connectivity index (χ1n) is 10.9. The maximum atomic E-state index is 13.6. The third-order valence-electron chi connectivity index (χ3n) is 5.99. The molecular formula is C24H29F2N3OS. The molecule has 2 heterocycles. The molecule has 4 rings (SSSR count). The Morgan fingerprint density at radius 1 is 1.13 bits per heavy atom. The average molecular weight is 446 g/mol. The van der Waals surface area contributed by atoms with E-state index >= 15 is 0 Å². The number of unbranched alkanes of at least 4 members (excludes halogenated alkanes) is 1. The van der Waals surface area contributed by atoms with Gasteiger partial charge in [-0.2, -0.15) is 0 Å². The van der Waals surface area contributed by atoms with Crippen LogP contribution in [-0.4, -0.2) is 54.3 Å². The summed E-state index contributed by atoms with van der Waals surface area (Å²) in [6.45, 7) is 3.63. The summed E-state index contributed by atoms with van der Waals surface area (Å²) < 4.78 is 31.9. The molecule has 0 spiro atoms. The number of thioether (sulfide) groups is 1. The predicted molar refractivity (Wildman–Crippen MR) is 123 cm³/mol. The van der Waals surface area contributed by atoms with Gasteiger partial charge < -0.3 is 14.5 Å². The van der Waals surface area contributed by atoms with Gasteiger partial charge in [-0.3, -0.25) is 0 Å². The van der Waals surface area contributed by atoms with Crippen LogP contribution in [0.5, 0.6) is 5.75 Å². The van der Waals surface area contributed by atoms with Crippen molar-refractivity contribution in [2.75, 3.05) is 33.3 Å². The van der Waals surface area contributed by atoms with Crippen LogP contribution in [0.2, 0.25) is 0 Å². The van der Waals surface area contributed by atoms with Gasteiger partial charge in [-0.1, -0.05) is 30.0 Å². The molecule has 2 aliphatic rings. The van der Waals surface area contributed by atoms with Gasteiger partial charge in [-0.25, -0.2) is 13.8 Å². The van der Waals surface area contributed by atoms with Crippen molar-refractivity contribution in [3.8, 4) is 5.75 Å². The average Bonchev–Trinajstić information content (AvgIpc) is 2.80. The minimum absolute atomic E-state index is 0.122. The van der Waals surface area contributed by atoms with Gasteiger partial charge in [-0.05, 0) is 56.0 Å². The van der Waals surface area contributed by atoms with Gasteiger partial charge in [0, 0.05) is 38.0 Å². The third kappa shape index (κ3) is 5.77. The highest BCUT2D eigenvalue weighted by Crippen LogP contribution is 2.33. The second-order valence-corrected chi connectivity index (χ2v) is 9.07. The number of fused-ring (bicyclic) bond motifs is 1. The van der Waals surface area contributed by atoms with Gasteiger partial charge in [-0.15, -0.1) is 0 Å². The van der Waals surface area contributed by atoms with Crippen molar-refractivity contribution >= 4 is 22.6 Å². The Morgan fingerprint density at radius 3 is 2.74 bits per heavy atom. The molecule has 0 atom stereocenters. The molecule has 31 heavy (non-hydrogen) atoms. The zero-order chi connectivity index (χ0) is 21.6. The van der Waals surface area contributed by atoms with E-state index in [-0.39, 0.29) is 5.75 Å². The standard InChI is InChI=1S/C24H29F2N3OS/c1-28(24-27-22-7-3-2-6-18(22)17-31-24)20-10-13-29(14-11-20)12-4-5-15-30-23-9-8-19(25)16-21(23)26/h2-3,6-9,16,20H,4-5,10-15,17H2,1H3. The lowest BCUT2D eigenvalue weighted by molar-refractivity contribution is 0.161. The summed E-state index contributed by atoms with van der Waals surface area (Å²) in [7, 11) is 2.17. The van der Waals surface area contributed by atoms with Crippen molar-refractivity contribution in [1.29, 1.82) is 0 Å². The predicted octanol–water partition coefficient (Wildman–Crippen LogP) is 5.45. The minimum atomic E-state index is -0.643. The molecule has 0 amide bonds. The zero-order valence-electron chi connectivity index (χ0n) is 17.9. The number of para-hydroxylation sites is 1. The maximum absolute atomic E-state index is 13.6. The van der Waals surface area contributed by atoms with Crippen molar-refractivity contribution in [1.82, 2.24) is 9.80 Å². The topological polar surface area (TPSA) is 28.1 Å². The third-order valence-corrected chi connectivity index (χ3v) is 7.08. The van der Waals surface area contributed by atoms with Gasteiger partial charge in [0.25, 0.3) is 0 Å². The van der Waals surface area contributed by atoms with E-state index in [9.17, 15) is 8.78 Å². The molecule has 2 aliphatic heterocycles. The number of rotatable bonds is 7. The molecule has 166 valence electrons. The van der Waals surface area contributed by atoms with Gasteiger partial charge in [0.2, 0.25) is 0 Å². The maximum Gasteiger partial charge on any atom is 0.167 e. The second kappa shape index (κ2) is 10.5. The summed E-state index contributed by atoms with van der Waals surface area (Å²) in [5, 5.41) is 1.13. The Morgan fingerprint density at radius 2 is 1.94 bits per heavy atom. The summed E-state index contributed by atoms with van der Waals surface area (Å²) in [6, 6.07) is 12.3. The molecule has 0 bridgehead atoms. The SMILES string of the molecule is CN(C1=Nc2ccccc2CS1)C1CCN(CCCCOc2ccc(F)cc2F)CC1. The number of hydrogen-bond acceptors (Lipinski definition) is 5. The van der Waals surface area contributed by atoms with Gasteiger partial charge >= 0.3 is 0 Å². The van der Waals surface area contributed by atoms with Crippen LogP contribution < -0.4 is 4.74 Å². The van der Waals surface area contributed by atoms with Crippen LogP contribution in [0.3, 0.4) is 0 Å². The van der Waals surface area contributed by atoms with Crippen molar-refractivity contribution in [3.63, 3.8) is 0 Å². The highest BCUT2D eigenvalue weighted by atomic mass is 32.2. The number of aliphatic imine (C=N–C) groups is 1. The highest BCUT2D eigenvalue weighted by Gasteiger charge is 2.26. The molecule has 2 aromatic carbocycles. The number of likely N-dealkylation sites (tertiary alicyclic amines) is 1. The van der Waals surface area contributed by atoms with Crippen LogP contribution >= 0.6 is 11.8 Å². The lowest BCUT2D eigenvalue weighted by Crippen LogP contribution is -2.45. The lowest BCUT2D eigenvalue weighted by atomic mass is 10.0. The van der Waals surface area contributed by atoms with Gasteiger partial charge in [0.15, 0.2) is 16.7 Å². The van der Waals surface area contributed by atoms with E-state index in [4.69, 9.17) is 9.73 Å². The highest BCUT2D eigenvalue weighted by molar-refractivity contribution is 8.13. The van der Waals surface area contributed by atoms with Crippen molar-refractivity contribution < 1.29 is 13.5 Å². The fourth-order valence-electron chi connectivity index (χ4n) is 4.10. The number of benzene rings is 2. The van der Waals surface area contributed by atoms with E-state index in [0.717, 1.165) is 68.0 Å². The van der Waals surface area contributed by atoms with E-state index in [0.29, 0.717) is 12.6 Å². The van der Waals surface area contributed by atoms with Crippen LogP contribution in [0.15, 0.2) is 47.5 Å². The summed E-state index contributed by atoms with van der Waals surface area (Å²) in [5.41, 5.74) is 2.41. The van der Waals surface area contributed by atoms with Crippen LogP contribution in [0.4, 0.5) is 14.5 Å². The molecule has 7 heteroatoms. The fraction of sp³-hybridized carbons (Fsp3) is 0.458. The van der Waals surface area contributed by atoms with E-state index in [2.05, 4.69) is 41.1 Å². The first-order chi connectivity index (χ1) is 15.1. The number of ether oxygens (including phenoxy) is 1. The second-order valence-electron chi connectivity index (χ2n) is 8.13. The van der Waals surface area contributed by atoms with E-state index < -0.39 is 11.6 Å². The normalized spacial score (nSPS) is 17.2. The van der Waals surface area contributed by atoms with Crippen molar-refractivity contribution in [3.05, 3.63) is 59.7 Å². The van der Waals surface area contributed by atoms with Crippen LogP contribution in [0.1, 0.15) is 31.2 Å². The zero-order valence-corrected chi connectivity index (χ0v) is 18.7. The molecule has 1 fully saturated rings. The molecule has 0 aliphatic carbocycles. The molecule has 1 saturated heterocycles. The Bertz CT molecular complexity index is 915. The number of nitrogens with zero attached hydrogens (tertiary/aromatic N) is 3. The molecule has 0 N–H and O–H groups in total. The van der Waals surface area contributed by atoms with E-state index in [1.54, 1.807) is 0 Å². The lowest BCUT2D eigenvalue weighted by Gasteiger charge is -2.38. The Kier molecular flexibility index (Phi) is 7.45. The molecule has 0 unspecified atom stereocenters. The minimum Gasteiger partial charge on any atom is -0.491 e. The van der Waals surface area contributed by atoms with Gasteiger partial charge in [0.05, 0.1) is 12.3 Å². The van der Waals surface area contributed by atoms with Crippen molar-refractivity contribution in [2.45, 2.75) is 37.5 Å². The van der Waals surface area contributed by atoms with E-state index in [1.807, 2.05) is 11.8 Å². The number of amidine groups is 1. The number of hydrogen-bond donors (Lipinski definition) is 0. The summed E-state index contributed by atoms with van der Waals surface area (Å²) in [6.07, 6.45) is 4.12. The van der Waals surface area contributed by atoms with E-state index in [1.165, 1.54) is 17.7 Å². The van der Waals surface area contributed by atoms with Crippen LogP contribution in [0, 0.1) is 11.6 Å². The Hall–Kier alpha value is -2.12. The molecule has 0 saturated carbocycles. The summed E-state index contributed by atoms with van der Waals surface area (Å²) in [4.78, 5) is 9.73. The number of halogens is 2. The molecule has 2 aromatic rings. The molecule has 0 radical (unpaired) electrons. The van der Waals surface area contributed by atoms with Crippen LogP contribution in [-0.2, 0) is 5.75 Å². The monoisotopic (exact) mass is 445 g/mol. The molecular weight excluding hydrogens is 416 g/mol. The molecule has 4 nitrogen and oxygen atoms in total. The van der Waals surface area contributed by atoms with Gasteiger partial charge in [0.1, 0.15) is 5.82 Å². The number of piperidine rings is 1. The Labute approximate surface area is 187 Å². The first-order valence-corrected chi connectivity index (χ1v) is 11.9. The quantitative estimate of drug-likeness (QED) is 0.530. The summed E-state index contributed by atoms with van der Waals surface area (Å²) in [5.74, 6) is -0.119. The Balaban J connectivity index is 1.16. The largest absolute Gasteiger partial charge is 0.491 e.